The van der Waals surface area contributed by atoms with Crippen molar-refractivity contribution in [2.24, 2.45) is 0 Å². The third-order valence-corrected chi connectivity index (χ3v) is 2.81. The van der Waals surface area contributed by atoms with Gasteiger partial charge in [-0.25, -0.2) is 4.98 Å². The van der Waals surface area contributed by atoms with Gasteiger partial charge in [0, 0.05) is 12.3 Å². The molecule has 0 radical (unpaired) electrons. The second-order valence-electron chi connectivity index (χ2n) is 3.93. The molecule has 3 nitrogen and oxygen atoms in total. The number of H-pyrrole nitrogens is 1. The molecular weight excluding hydrogens is 196 g/mol. The van der Waals surface area contributed by atoms with Crippen LogP contribution in [-0.4, -0.2) is 16.6 Å². The summed E-state index contributed by atoms with van der Waals surface area (Å²) in [7, 11) is 0. The van der Waals surface area contributed by atoms with E-state index >= 15 is 0 Å². The van der Waals surface area contributed by atoms with Crippen LogP contribution in [0.1, 0.15) is 31.3 Å². The van der Waals surface area contributed by atoms with Crippen LogP contribution in [0.15, 0.2) is 6.07 Å². The lowest BCUT2D eigenvalue weighted by Gasteiger charge is -2.22. The Morgan fingerprint density at radius 1 is 1.64 bits per heavy atom. The fourth-order valence-electron chi connectivity index (χ4n) is 1.79. The molecule has 76 valence electrons. The maximum absolute atomic E-state index is 5.70. The van der Waals surface area contributed by atoms with Crippen molar-refractivity contribution in [2.75, 3.05) is 6.61 Å². The summed E-state index contributed by atoms with van der Waals surface area (Å²) in [4.78, 5) is 7.55. The minimum atomic E-state index is -0.264. The second kappa shape index (κ2) is 3.44. The van der Waals surface area contributed by atoms with Crippen molar-refractivity contribution in [1.82, 2.24) is 9.97 Å². The number of nitrogens with one attached hydrogen (secondary N) is 1. The summed E-state index contributed by atoms with van der Waals surface area (Å²) in [5, 5.41) is 0. The molecule has 14 heavy (non-hydrogen) atoms. The normalized spacial score (nSPS) is 26.7. The van der Waals surface area contributed by atoms with Gasteiger partial charge >= 0.3 is 0 Å². The smallest absolute Gasteiger partial charge is 0.140 e. The Labute approximate surface area is 88.5 Å². The highest BCUT2D eigenvalue weighted by atomic mass is 32.1. The van der Waals surface area contributed by atoms with E-state index in [1.54, 1.807) is 0 Å². The monoisotopic (exact) mass is 210 g/mol. The Morgan fingerprint density at radius 2 is 2.43 bits per heavy atom. The van der Waals surface area contributed by atoms with Crippen LogP contribution < -0.4 is 0 Å². The topological polar surface area (TPSA) is 37.9 Å². The highest BCUT2D eigenvalue weighted by Gasteiger charge is 2.34. The average Bonchev–Trinajstić information content (AvgIpc) is 2.52. The van der Waals surface area contributed by atoms with Crippen molar-refractivity contribution >= 4 is 12.2 Å². The van der Waals surface area contributed by atoms with E-state index in [2.05, 4.69) is 16.9 Å². The van der Waals surface area contributed by atoms with E-state index in [1.807, 2.05) is 13.0 Å². The van der Waals surface area contributed by atoms with Gasteiger partial charge in [0.1, 0.15) is 16.1 Å². The van der Waals surface area contributed by atoms with Gasteiger partial charge in [-0.3, -0.25) is 0 Å². The molecule has 0 aliphatic carbocycles. The minimum Gasteiger partial charge on any atom is -0.367 e. The van der Waals surface area contributed by atoms with Crippen molar-refractivity contribution in [3.05, 3.63) is 22.2 Å². The van der Waals surface area contributed by atoms with Crippen LogP contribution in [0.25, 0.3) is 0 Å². The molecule has 1 aromatic rings. The minimum absolute atomic E-state index is 0.264. The maximum Gasteiger partial charge on any atom is 0.140 e. The third-order valence-electron chi connectivity index (χ3n) is 2.60. The number of nitrogens with zero attached hydrogens (tertiary/aromatic N) is 1. The Morgan fingerprint density at radius 3 is 3.00 bits per heavy atom. The molecule has 0 saturated carbocycles. The van der Waals surface area contributed by atoms with E-state index in [0.29, 0.717) is 4.64 Å². The van der Waals surface area contributed by atoms with Crippen LogP contribution in [0, 0.1) is 11.6 Å². The van der Waals surface area contributed by atoms with Gasteiger partial charge in [0.2, 0.25) is 0 Å². The van der Waals surface area contributed by atoms with Crippen molar-refractivity contribution in [3.8, 4) is 0 Å². The summed E-state index contributed by atoms with van der Waals surface area (Å²) in [5.74, 6) is 0.861. The lowest BCUT2D eigenvalue weighted by molar-refractivity contribution is 0.00911. The van der Waals surface area contributed by atoms with Gasteiger partial charge in [0.25, 0.3) is 0 Å². The largest absolute Gasteiger partial charge is 0.367 e. The number of aryl methyl sites for hydroxylation is 1. The van der Waals surface area contributed by atoms with Gasteiger partial charge in [0.05, 0.1) is 0 Å². The molecule has 2 heterocycles. The molecule has 1 aliphatic heterocycles. The zero-order valence-corrected chi connectivity index (χ0v) is 9.28. The quantitative estimate of drug-likeness (QED) is 0.724. The Balaban J connectivity index is 2.45. The van der Waals surface area contributed by atoms with Gasteiger partial charge < -0.3 is 9.72 Å². The van der Waals surface area contributed by atoms with Crippen molar-refractivity contribution in [3.63, 3.8) is 0 Å². The molecule has 1 saturated heterocycles. The fraction of sp³-hybridized carbons (Fsp3) is 0.600. The van der Waals surface area contributed by atoms with Crippen molar-refractivity contribution in [2.45, 2.75) is 32.3 Å². The second-order valence-corrected chi connectivity index (χ2v) is 4.35. The molecule has 0 aromatic carbocycles. The van der Waals surface area contributed by atoms with E-state index in [-0.39, 0.29) is 5.60 Å². The summed E-state index contributed by atoms with van der Waals surface area (Å²) in [5.41, 5.74) is 0.774. The van der Waals surface area contributed by atoms with Crippen molar-refractivity contribution < 1.29 is 4.74 Å². The van der Waals surface area contributed by atoms with E-state index in [9.17, 15) is 0 Å². The first kappa shape index (κ1) is 9.80. The zero-order valence-electron chi connectivity index (χ0n) is 8.46. The van der Waals surface area contributed by atoms with E-state index in [1.165, 1.54) is 0 Å². The number of ether oxygens (including phenoxy) is 1. The lowest BCUT2D eigenvalue weighted by atomic mass is 10.0. The predicted octanol–water partition coefficient (Wildman–Crippen LogP) is 2.47. The summed E-state index contributed by atoms with van der Waals surface area (Å²) in [6, 6.07) is 1.86. The fourth-order valence-corrected chi connectivity index (χ4v) is 2.06. The third kappa shape index (κ3) is 1.72. The highest BCUT2D eigenvalue weighted by molar-refractivity contribution is 7.71. The maximum atomic E-state index is 5.70. The highest BCUT2D eigenvalue weighted by Crippen LogP contribution is 2.33. The number of rotatable bonds is 1. The molecule has 2 rings (SSSR count). The van der Waals surface area contributed by atoms with E-state index in [0.717, 1.165) is 31.0 Å². The van der Waals surface area contributed by atoms with E-state index in [4.69, 9.17) is 17.0 Å². The summed E-state index contributed by atoms with van der Waals surface area (Å²) < 4.78 is 6.33. The van der Waals surface area contributed by atoms with Crippen LogP contribution in [0.4, 0.5) is 0 Å². The molecule has 0 spiro atoms. The van der Waals surface area contributed by atoms with Gasteiger partial charge in [-0.2, -0.15) is 0 Å². The molecule has 0 bridgehead atoms. The zero-order chi connectivity index (χ0) is 10.2. The standard InChI is InChI=1S/C10H14N2OS/c1-7-6-8(14)12-9(11-7)10(2)4-3-5-13-10/h6H,3-5H2,1-2H3,(H,11,12,14). The van der Waals surface area contributed by atoms with Crippen LogP contribution in [0.2, 0.25) is 0 Å². The molecule has 1 unspecified atom stereocenters. The van der Waals surface area contributed by atoms with Crippen LogP contribution >= 0.6 is 12.2 Å². The Kier molecular flexibility index (Phi) is 2.41. The number of hydrogen-bond acceptors (Lipinski definition) is 3. The van der Waals surface area contributed by atoms with Crippen LogP contribution in [-0.2, 0) is 10.3 Å². The summed E-state index contributed by atoms with van der Waals surface area (Å²) in [6.07, 6.45) is 2.10. The number of aromatic amines is 1. The van der Waals surface area contributed by atoms with Crippen LogP contribution in [0.5, 0.6) is 0 Å². The average molecular weight is 210 g/mol. The molecule has 1 aromatic heterocycles. The molecular formula is C10H14N2OS. The van der Waals surface area contributed by atoms with E-state index < -0.39 is 0 Å². The van der Waals surface area contributed by atoms with Gasteiger partial charge in [-0.05, 0) is 32.8 Å². The SMILES string of the molecule is Cc1cc(=S)nc(C2(C)CCCO2)[nH]1. The Bertz CT molecular complexity index is 393. The Hall–Kier alpha value is -0.740. The first-order valence-corrected chi connectivity index (χ1v) is 5.23. The molecule has 0 amide bonds. The van der Waals surface area contributed by atoms with Crippen LogP contribution in [0.3, 0.4) is 0 Å². The van der Waals surface area contributed by atoms with Gasteiger partial charge in [0.15, 0.2) is 0 Å². The van der Waals surface area contributed by atoms with Crippen molar-refractivity contribution in [1.29, 1.82) is 0 Å². The molecule has 1 aliphatic rings. The molecule has 4 heteroatoms. The summed E-state index contributed by atoms with van der Waals surface area (Å²) >= 11 is 5.09. The summed E-state index contributed by atoms with van der Waals surface area (Å²) in [6.45, 7) is 4.86. The predicted molar refractivity (Wildman–Crippen MR) is 56.7 cm³/mol. The first-order chi connectivity index (χ1) is 6.60. The first-order valence-electron chi connectivity index (χ1n) is 4.83. The lowest BCUT2D eigenvalue weighted by Crippen LogP contribution is -2.23. The number of aromatic nitrogens is 2. The number of hydrogen-bond donors (Lipinski definition) is 1. The van der Waals surface area contributed by atoms with Gasteiger partial charge in [-0.1, -0.05) is 12.2 Å². The molecule has 1 atom stereocenters. The van der Waals surface area contributed by atoms with Gasteiger partial charge in [-0.15, -0.1) is 0 Å². The molecule has 1 fully saturated rings. The molecule has 1 N–H and O–H groups in total.